The van der Waals surface area contributed by atoms with E-state index in [1.165, 1.54) is 0 Å². The zero-order valence-electron chi connectivity index (χ0n) is 15.3. The maximum atomic E-state index is 13.3. The summed E-state index contributed by atoms with van der Waals surface area (Å²) in [4.78, 5) is 0. The van der Waals surface area contributed by atoms with Crippen molar-refractivity contribution >= 4 is 24.9 Å². The Morgan fingerprint density at radius 2 is 0.759 bits per heavy atom. The second-order valence-electron chi connectivity index (χ2n) is 5.68. The number of rotatable bonds is 9. The molecule has 0 unspecified atom stereocenters. The van der Waals surface area contributed by atoms with Crippen molar-refractivity contribution in [3.05, 3.63) is 91.0 Å². The van der Waals surface area contributed by atoms with Gasteiger partial charge in [-0.05, 0) is 36.4 Å². The molecule has 11 heteroatoms. The van der Waals surface area contributed by atoms with E-state index in [1.54, 1.807) is 91.0 Å². The third-order valence-corrected chi connectivity index (χ3v) is 4.72. The van der Waals surface area contributed by atoms with E-state index in [-0.39, 0.29) is 0 Å². The maximum Gasteiger partial charge on any atom is 0.543 e. The van der Waals surface area contributed by atoms with Gasteiger partial charge in [0.2, 0.25) is 0 Å². The molecule has 0 atom stereocenters. The molecule has 0 saturated heterocycles. The van der Waals surface area contributed by atoms with Gasteiger partial charge < -0.3 is 0 Å². The summed E-state index contributed by atoms with van der Waals surface area (Å²) in [7, 11) is -4.48. The molecule has 0 heterocycles. The second-order valence-corrected chi connectivity index (χ2v) is 7.06. The first kappa shape index (κ1) is 20.8. The Morgan fingerprint density at radius 1 is 0.517 bits per heavy atom. The van der Waals surface area contributed by atoms with Gasteiger partial charge in [0, 0.05) is 0 Å². The summed E-state index contributed by atoms with van der Waals surface area (Å²) in [6, 6.07) is 25.6. The molecule has 0 aliphatic rings. The molecule has 10 nitrogen and oxygen atoms in total. The van der Waals surface area contributed by atoms with Gasteiger partial charge >= 0.3 is 7.82 Å². The Balaban J connectivity index is 1.82. The minimum atomic E-state index is -4.48. The summed E-state index contributed by atoms with van der Waals surface area (Å²) < 4.78 is 29.2. The van der Waals surface area contributed by atoms with Crippen molar-refractivity contribution in [3.8, 4) is 0 Å². The molecule has 152 valence electrons. The van der Waals surface area contributed by atoms with Gasteiger partial charge in [-0.15, -0.1) is 13.9 Å². The van der Waals surface area contributed by atoms with Crippen LogP contribution in [0.5, 0.6) is 0 Å². The molecule has 29 heavy (non-hydrogen) atoms. The average Bonchev–Trinajstić information content (AvgIpc) is 2.75. The van der Waals surface area contributed by atoms with Crippen LogP contribution in [-0.4, -0.2) is 0 Å². The van der Waals surface area contributed by atoms with Crippen molar-refractivity contribution in [1.29, 1.82) is 0 Å². The van der Waals surface area contributed by atoms with Gasteiger partial charge in [0.05, 0.1) is 17.1 Å². The van der Waals surface area contributed by atoms with Gasteiger partial charge in [0.25, 0.3) is 0 Å². The fourth-order valence-electron chi connectivity index (χ4n) is 2.23. The van der Waals surface area contributed by atoms with Gasteiger partial charge in [-0.2, -0.15) is 15.5 Å². The summed E-state index contributed by atoms with van der Waals surface area (Å²) in [6.07, 6.45) is 0. The van der Waals surface area contributed by atoms with E-state index in [9.17, 15) is 4.57 Å². The largest absolute Gasteiger partial charge is 0.543 e. The minimum Gasteiger partial charge on any atom is -0.222 e. The molecule has 0 saturated carbocycles. The number of para-hydroxylation sites is 3. The maximum absolute atomic E-state index is 13.3. The van der Waals surface area contributed by atoms with Gasteiger partial charge in [0.15, 0.2) is 0 Å². The summed E-state index contributed by atoms with van der Waals surface area (Å²) in [5.74, 6) is 17.6. The Hall–Kier alpha value is -2.95. The molecular formula is C18H21N6O4P. The monoisotopic (exact) mass is 416 g/mol. The molecule has 0 aliphatic heterocycles. The van der Waals surface area contributed by atoms with E-state index in [4.69, 9.17) is 31.4 Å². The van der Waals surface area contributed by atoms with E-state index in [0.29, 0.717) is 17.1 Å². The van der Waals surface area contributed by atoms with E-state index in [2.05, 4.69) is 0 Å². The Morgan fingerprint density at radius 3 is 1.00 bits per heavy atom. The molecule has 0 fully saturated rings. The van der Waals surface area contributed by atoms with Crippen molar-refractivity contribution in [2.75, 3.05) is 15.5 Å². The summed E-state index contributed by atoms with van der Waals surface area (Å²) in [5.41, 5.74) is 1.18. The number of hydrazine groups is 3. The lowest BCUT2D eigenvalue weighted by Crippen LogP contribution is -2.38. The smallest absolute Gasteiger partial charge is 0.222 e. The van der Waals surface area contributed by atoms with Gasteiger partial charge in [-0.3, -0.25) is 0 Å². The lowest BCUT2D eigenvalue weighted by molar-refractivity contribution is 0.0860. The number of hydrogen-bond acceptors (Lipinski definition) is 10. The molecule has 3 aromatic carbocycles. The van der Waals surface area contributed by atoms with Crippen LogP contribution in [0.25, 0.3) is 0 Å². The van der Waals surface area contributed by atoms with Crippen LogP contribution in [0.15, 0.2) is 91.0 Å². The van der Waals surface area contributed by atoms with Crippen molar-refractivity contribution in [2.45, 2.75) is 0 Å². The molecule has 0 aliphatic carbocycles. The fourth-order valence-corrected chi connectivity index (χ4v) is 3.25. The Kier molecular flexibility index (Phi) is 6.81. The molecule has 0 aromatic heterocycles. The zero-order valence-corrected chi connectivity index (χ0v) is 16.2. The number of hydrogen-bond donors (Lipinski definition) is 3. The number of phosphoric acid groups is 1. The Labute approximate surface area is 168 Å². The molecular weight excluding hydrogens is 395 g/mol. The normalized spacial score (nSPS) is 11.1. The van der Waals surface area contributed by atoms with Crippen molar-refractivity contribution < 1.29 is 18.4 Å². The third-order valence-electron chi connectivity index (χ3n) is 3.60. The van der Waals surface area contributed by atoms with Crippen LogP contribution in [0, 0.1) is 0 Å². The molecule has 3 rings (SSSR count). The first-order chi connectivity index (χ1) is 14.0. The summed E-state index contributed by atoms with van der Waals surface area (Å²) in [5, 5.41) is 2.25. The van der Waals surface area contributed by atoms with E-state index >= 15 is 0 Å². The quantitative estimate of drug-likeness (QED) is 0.272. The predicted molar refractivity (Wildman–Crippen MR) is 110 cm³/mol. The number of nitrogens with two attached hydrogens (primary N) is 3. The first-order valence-corrected chi connectivity index (χ1v) is 9.92. The Bertz CT molecular complexity index is 812. The van der Waals surface area contributed by atoms with Gasteiger partial charge in [-0.1, -0.05) is 54.6 Å². The standard InChI is InChI=1S/C18H21N6O4P/c19-22(16-10-4-1-5-11-16)26-29(25,27-23(20)17-12-6-2-7-13-17)28-24(21)18-14-8-3-9-15-18/h1-15H,19-21H2. The molecule has 0 radical (unpaired) electrons. The molecule has 0 spiro atoms. The van der Waals surface area contributed by atoms with Crippen LogP contribution in [0.1, 0.15) is 0 Å². The van der Waals surface area contributed by atoms with E-state index in [0.717, 1.165) is 15.5 Å². The third kappa shape index (κ3) is 5.76. The lowest BCUT2D eigenvalue weighted by atomic mass is 10.3. The van der Waals surface area contributed by atoms with Gasteiger partial charge in [0.1, 0.15) is 0 Å². The topological polar surface area (TPSA) is 133 Å². The highest BCUT2D eigenvalue weighted by Gasteiger charge is 2.37. The SMILES string of the molecule is NN(OP(=O)(ON(N)c1ccccc1)ON(N)c1ccccc1)c1ccccc1. The minimum absolute atomic E-state index is 0.395. The molecule has 0 bridgehead atoms. The van der Waals surface area contributed by atoms with Crippen LogP contribution >= 0.6 is 7.82 Å². The lowest BCUT2D eigenvalue weighted by Gasteiger charge is -2.29. The van der Waals surface area contributed by atoms with Crippen LogP contribution < -0.4 is 33.0 Å². The summed E-state index contributed by atoms with van der Waals surface area (Å²) >= 11 is 0. The fraction of sp³-hybridized carbons (Fsp3) is 0. The van der Waals surface area contributed by atoms with Crippen LogP contribution in [0.2, 0.25) is 0 Å². The second kappa shape index (κ2) is 9.50. The molecule has 0 amide bonds. The van der Waals surface area contributed by atoms with Gasteiger partial charge in [-0.25, -0.2) is 22.1 Å². The molecule has 3 aromatic rings. The number of anilines is 3. The summed E-state index contributed by atoms with van der Waals surface area (Å²) in [6.45, 7) is 0. The van der Waals surface area contributed by atoms with E-state index in [1.807, 2.05) is 0 Å². The highest BCUT2D eigenvalue weighted by Crippen LogP contribution is 2.52. The van der Waals surface area contributed by atoms with Crippen molar-refractivity contribution in [1.82, 2.24) is 0 Å². The van der Waals surface area contributed by atoms with Crippen LogP contribution in [0.4, 0.5) is 17.1 Å². The highest BCUT2D eigenvalue weighted by atomic mass is 31.2. The predicted octanol–water partition coefficient (Wildman–Crippen LogP) is 3.03. The number of benzene rings is 3. The molecule has 6 N–H and O–H groups in total. The first-order valence-electron chi connectivity index (χ1n) is 8.46. The zero-order chi connectivity index (χ0) is 20.7. The van der Waals surface area contributed by atoms with Crippen molar-refractivity contribution in [2.24, 2.45) is 17.5 Å². The average molecular weight is 416 g/mol. The van der Waals surface area contributed by atoms with Crippen LogP contribution in [0.3, 0.4) is 0 Å². The van der Waals surface area contributed by atoms with E-state index < -0.39 is 7.82 Å². The highest BCUT2D eigenvalue weighted by molar-refractivity contribution is 7.48. The van der Waals surface area contributed by atoms with Crippen LogP contribution in [-0.2, 0) is 18.4 Å². The van der Waals surface area contributed by atoms with Crippen molar-refractivity contribution in [3.63, 3.8) is 0 Å². The number of nitrogens with zero attached hydrogens (tertiary/aromatic N) is 3.